The van der Waals surface area contributed by atoms with Gasteiger partial charge in [0, 0.05) is 13.1 Å². The Kier molecular flexibility index (Phi) is 10.5. The lowest BCUT2D eigenvalue weighted by molar-refractivity contribution is -0.133. The summed E-state index contributed by atoms with van der Waals surface area (Å²) in [5, 5.41) is 20.6. The highest BCUT2D eigenvalue weighted by Crippen LogP contribution is 2.18. The lowest BCUT2D eigenvalue weighted by atomic mass is 10.1. The summed E-state index contributed by atoms with van der Waals surface area (Å²) in [6.45, 7) is 2.10. The third-order valence-corrected chi connectivity index (χ3v) is 5.97. The number of aliphatic hydroxyl groups excluding tert-OH is 1. The Hall–Kier alpha value is -4.12. The van der Waals surface area contributed by atoms with Gasteiger partial charge in [0.15, 0.2) is 0 Å². The smallest absolute Gasteiger partial charge is 0.255 e. The Labute approximate surface area is 221 Å². The van der Waals surface area contributed by atoms with Crippen LogP contribution in [-0.2, 0) is 20.8 Å². The molecule has 0 fully saturated rings. The van der Waals surface area contributed by atoms with Crippen molar-refractivity contribution in [2.24, 2.45) is 0 Å². The number of carbonyl (C=O) groups excluding carboxylic acids is 4. The zero-order valence-electron chi connectivity index (χ0n) is 21.5. The molecule has 11 nitrogen and oxygen atoms in total. The molecule has 4 amide bonds. The molecule has 1 heterocycles. The molecular weight excluding hydrogens is 492 g/mol. The number of benzene rings is 2. The predicted octanol–water partition coefficient (Wildman–Crippen LogP) is 0.307. The average Bonchev–Trinajstić information content (AvgIpc) is 2.91. The van der Waals surface area contributed by atoms with Gasteiger partial charge in [-0.25, -0.2) is 0 Å². The Morgan fingerprint density at radius 1 is 1.13 bits per heavy atom. The van der Waals surface area contributed by atoms with Crippen LogP contribution in [0.5, 0.6) is 11.5 Å². The number of carbonyl (C=O) groups is 4. The summed E-state index contributed by atoms with van der Waals surface area (Å²) in [5.41, 5.74) is 1.18. The van der Waals surface area contributed by atoms with Crippen LogP contribution in [-0.4, -0.2) is 73.7 Å². The number of nitrogens with one attached hydrogen (secondary N) is 4. The first-order chi connectivity index (χ1) is 18.3. The van der Waals surface area contributed by atoms with Crippen molar-refractivity contribution in [2.75, 3.05) is 26.8 Å². The molecule has 0 spiro atoms. The lowest BCUT2D eigenvalue weighted by Gasteiger charge is -2.23. The van der Waals surface area contributed by atoms with Gasteiger partial charge in [-0.3, -0.25) is 19.2 Å². The van der Waals surface area contributed by atoms with Gasteiger partial charge in [0.2, 0.25) is 17.7 Å². The monoisotopic (exact) mass is 526 g/mol. The molecule has 0 saturated carbocycles. The van der Waals surface area contributed by atoms with Gasteiger partial charge in [0.05, 0.1) is 31.8 Å². The molecule has 2 aromatic rings. The van der Waals surface area contributed by atoms with Crippen molar-refractivity contribution in [1.29, 1.82) is 0 Å². The molecule has 3 atom stereocenters. The molecule has 1 aliphatic heterocycles. The average molecular weight is 527 g/mol. The van der Waals surface area contributed by atoms with E-state index in [1.807, 2.05) is 24.3 Å². The molecule has 0 aromatic heterocycles. The fourth-order valence-electron chi connectivity index (χ4n) is 3.87. The van der Waals surface area contributed by atoms with Crippen LogP contribution in [0.4, 0.5) is 0 Å². The first kappa shape index (κ1) is 28.5. The van der Waals surface area contributed by atoms with Crippen LogP contribution < -0.4 is 30.7 Å². The molecule has 0 aliphatic carbocycles. The molecular formula is C27H34N4O7. The van der Waals surface area contributed by atoms with Crippen molar-refractivity contribution in [3.8, 4) is 11.5 Å². The Morgan fingerprint density at radius 3 is 2.58 bits per heavy atom. The minimum absolute atomic E-state index is 0.213. The Balaban J connectivity index is 1.77. The summed E-state index contributed by atoms with van der Waals surface area (Å²) in [6.07, 6.45) is -0.675. The summed E-state index contributed by atoms with van der Waals surface area (Å²) in [4.78, 5) is 51.6. The first-order valence-corrected chi connectivity index (χ1v) is 12.5. The zero-order chi connectivity index (χ0) is 27.5. The minimum Gasteiger partial charge on any atom is -0.497 e. The van der Waals surface area contributed by atoms with E-state index in [4.69, 9.17) is 9.47 Å². The quantitative estimate of drug-likeness (QED) is 0.363. The topological polar surface area (TPSA) is 155 Å². The number of methoxy groups -OCH3 is 1. The number of amides is 4. The van der Waals surface area contributed by atoms with E-state index in [0.717, 1.165) is 11.3 Å². The van der Waals surface area contributed by atoms with E-state index in [0.29, 0.717) is 18.6 Å². The van der Waals surface area contributed by atoms with E-state index in [-0.39, 0.29) is 25.3 Å². The van der Waals surface area contributed by atoms with Gasteiger partial charge in [-0.15, -0.1) is 0 Å². The largest absolute Gasteiger partial charge is 0.497 e. The molecule has 2 aromatic carbocycles. The molecule has 0 saturated heterocycles. The van der Waals surface area contributed by atoms with Gasteiger partial charge in [0.1, 0.15) is 23.6 Å². The standard InChI is InChI=1S/C27H34N4O7/c1-17(32)24-27(36)28-13-5-15-38-22-7-4-3-6-20(22)25(34)30-21(16-23(33)31-24)26(35)29-14-12-18-8-10-19(37-2)11-9-18/h3-4,6-11,17,21,24,32H,5,12-16H2,1-2H3,(H,28,36)(H,29,35)(H,30,34)(H,31,33)/t17-,21+,24+/m1/s1. The van der Waals surface area contributed by atoms with E-state index in [1.54, 1.807) is 31.4 Å². The van der Waals surface area contributed by atoms with Crippen molar-refractivity contribution in [2.45, 2.75) is 44.4 Å². The third kappa shape index (κ3) is 8.20. The van der Waals surface area contributed by atoms with Crippen LogP contribution in [0.1, 0.15) is 35.7 Å². The fourth-order valence-corrected chi connectivity index (χ4v) is 3.87. The van der Waals surface area contributed by atoms with Gasteiger partial charge in [-0.1, -0.05) is 24.3 Å². The second-order valence-corrected chi connectivity index (χ2v) is 8.89. The van der Waals surface area contributed by atoms with Gasteiger partial charge < -0.3 is 35.8 Å². The second-order valence-electron chi connectivity index (χ2n) is 8.89. The molecule has 0 bridgehead atoms. The van der Waals surface area contributed by atoms with Crippen LogP contribution >= 0.6 is 0 Å². The van der Waals surface area contributed by atoms with E-state index >= 15 is 0 Å². The highest BCUT2D eigenvalue weighted by Gasteiger charge is 2.30. The zero-order valence-corrected chi connectivity index (χ0v) is 21.5. The molecule has 0 radical (unpaired) electrons. The molecule has 204 valence electrons. The number of fused-ring (bicyclic) bond motifs is 1. The summed E-state index contributed by atoms with van der Waals surface area (Å²) in [7, 11) is 1.58. The maximum absolute atomic E-state index is 13.1. The van der Waals surface area contributed by atoms with Gasteiger partial charge in [-0.05, 0) is 49.6 Å². The molecule has 1 aliphatic rings. The Morgan fingerprint density at radius 2 is 1.87 bits per heavy atom. The van der Waals surface area contributed by atoms with Crippen molar-refractivity contribution < 1.29 is 33.8 Å². The number of aliphatic hydroxyl groups is 1. The van der Waals surface area contributed by atoms with E-state index in [2.05, 4.69) is 21.3 Å². The maximum Gasteiger partial charge on any atom is 0.255 e. The molecule has 5 N–H and O–H groups in total. The van der Waals surface area contributed by atoms with Crippen LogP contribution in [0.15, 0.2) is 48.5 Å². The van der Waals surface area contributed by atoms with Crippen LogP contribution in [0.25, 0.3) is 0 Å². The third-order valence-electron chi connectivity index (χ3n) is 5.97. The van der Waals surface area contributed by atoms with Crippen LogP contribution in [0, 0.1) is 0 Å². The highest BCUT2D eigenvalue weighted by molar-refractivity contribution is 6.01. The van der Waals surface area contributed by atoms with Crippen LogP contribution in [0.2, 0.25) is 0 Å². The van der Waals surface area contributed by atoms with Gasteiger partial charge >= 0.3 is 0 Å². The Bertz CT molecular complexity index is 1120. The van der Waals surface area contributed by atoms with Crippen LogP contribution in [0.3, 0.4) is 0 Å². The molecule has 38 heavy (non-hydrogen) atoms. The number of hydrogen-bond donors (Lipinski definition) is 5. The number of ether oxygens (including phenoxy) is 2. The summed E-state index contributed by atoms with van der Waals surface area (Å²) < 4.78 is 10.9. The first-order valence-electron chi connectivity index (χ1n) is 12.5. The molecule has 0 unspecified atom stereocenters. The van der Waals surface area contributed by atoms with Crippen molar-refractivity contribution in [1.82, 2.24) is 21.3 Å². The lowest BCUT2D eigenvalue weighted by Crippen LogP contribution is -2.55. The SMILES string of the molecule is COc1ccc(CCNC(=O)[C@@H]2CC(=O)N[C@@H]([C@@H](C)O)C(=O)NCCCOc3ccccc3C(=O)N2)cc1. The minimum atomic E-state index is -1.24. The maximum atomic E-state index is 13.1. The van der Waals surface area contributed by atoms with E-state index in [9.17, 15) is 24.3 Å². The number of hydrogen-bond acceptors (Lipinski definition) is 7. The van der Waals surface area contributed by atoms with E-state index in [1.165, 1.54) is 6.92 Å². The summed E-state index contributed by atoms with van der Waals surface area (Å²) >= 11 is 0. The molecule has 11 heteroatoms. The van der Waals surface area contributed by atoms with Crippen molar-refractivity contribution in [3.05, 3.63) is 59.7 Å². The fraction of sp³-hybridized carbons (Fsp3) is 0.407. The second kappa shape index (κ2) is 14.0. The van der Waals surface area contributed by atoms with Gasteiger partial charge in [0.25, 0.3) is 5.91 Å². The summed E-state index contributed by atoms with van der Waals surface area (Å²) in [6, 6.07) is 11.5. The van der Waals surface area contributed by atoms with Gasteiger partial charge in [-0.2, -0.15) is 0 Å². The highest BCUT2D eigenvalue weighted by atomic mass is 16.5. The molecule has 3 rings (SSSR count). The van der Waals surface area contributed by atoms with Crippen molar-refractivity contribution >= 4 is 23.6 Å². The van der Waals surface area contributed by atoms with E-state index < -0.39 is 48.2 Å². The number of para-hydroxylation sites is 1. The number of rotatable bonds is 6. The predicted molar refractivity (Wildman–Crippen MR) is 139 cm³/mol. The summed E-state index contributed by atoms with van der Waals surface area (Å²) in [5.74, 6) is -1.36. The normalized spacial score (nSPS) is 19.7. The van der Waals surface area contributed by atoms with Crippen molar-refractivity contribution in [3.63, 3.8) is 0 Å².